The summed E-state index contributed by atoms with van der Waals surface area (Å²) in [5.41, 5.74) is 0.423. The van der Waals surface area contributed by atoms with Gasteiger partial charge in [-0.15, -0.1) is 0 Å². The number of nitrogens with zero attached hydrogens (tertiary/aromatic N) is 1. The summed E-state index contributed by atoms with van der Waals surface area (Å²) >= 11 is 4.66. The Morgan fingerprint density at radius 3 is 2.21 bits per heavy atom. The highest BCUT2D eigenvalue weighted by Crippen LogP contribution is 2.32. The van der Waals surface area contributed by atoms with Crippen LogP contribution in [0.25, 0.3) is 0 Å². The van der Waals surface area contributed by atoms with Crippen LogP contribution >= 0.6 is 12.6 Å². The van der Waals surface area contributed by atoms with Crippen molar-refractivity contribution in [1.82, 2.24) is 4.90 Å². The van der Waals surface area contributed by atoms with Gasteiger partial charge in [0.15, 0.2) is 0 Å². The molecule has 1 aliphatic rings. The summed E-state index contributed by atoms with van der Waals surface area (Å²) in [6, 6.07) is 0. The third-order valence-electron chi connectivity index (χ3n) is 4.41. The van der Waals surface area contributed by atoms with Gasteiger partial charge in [0.2, 0.25) is 0 Å². The van der Waals surface area contributed by atoms with Gasteiger partial charge < -0.3 is 9.64 Å². The van der Waals surface area contributed by atoms with E-state index in [1.165, 1.54) is 51.6 Å². The van der Waals surface area contributed by atoms with Crippen LogP contribution in [0.3, 0.4) is 0 Å². The van der Waals surface area contributed by atoms with Gasteiger partial charge in [-0.1, -0.05) is 26.7 Å². The highest BCUT2D eigenvalue weighted by molar-refractivity contribution is 7.80. The van der Waals surface area contributed by atoms with Gasteiger partial charge in [0.1, 0.15) is 0 Å². The maximum atomic E-state index is 5.45. The Hall–Kier alpha value is 0.270. The number of rotatable bonds is 9. The van der Waals surface area contributed by atoms with Crippen LogP contribution in [0.4, 0.5) is 0 Å². The summed E-state index contributed by atoms with van der Waals surface area (Å²) in [5, 5.41) is 0. The Morgan fingerprint density at radius 2 is 1.74 bits per heavy atom. The smallest absolute Gasteiger partial charge is 0.0469 e. The lowest BCUT2D eigenvalue weighted by molar-refractivity contribution is 0.0493. The maximum absolute atomic E-state index is 5.45. The summed E-state index contributed by atoms with van der Waals surface area (Å²) in [5.74, 6) is 1.85. The largest absolute Gasteiger partial charge is 0.381 e. The van der Waals surface area contributed by atoms with E-state index in [1.54, 1.807) is 0 Å². The summed E-state index contributed by atoms with van der Waals surface area (Å²) in [6.07, 6.45) is 7.63. The van der Waals surface area contributed by atoms with Crippen molar-refractivity contribution in [2.24, 2.45) is 11.3 Å². The van der Waals surface area contributed by atoms with Crippen molar-refractivity contribution in [3.63, 3.8) is 0 Å². The van der Waals surface area contributed by atoms with Gasteiger partial charge in [-0.05, 0) is 49.8 Å². The molecule has 0 unspecified atom stereocenters. The molecule has 1 fully saturated rings. The second-order valence-corrected chi connectivity index (χ2v) is 6.73. The molecule has 0 aromatic rings. The van der Waals surface area contributed by atoms with E-state index in [2.05, 4.69) is 38.4 Å². The molecule has 0 bridgehead atoms. The van der Waals surface area contributed by atoms with Crippen LogP contribution in [0.1, 0.15) is 52.4 Å². The third kappa shape index (κ3) is 6.05. The van der Waals surface area contributed by atoms with Gasteiger partial charge in [-0.25, -0.2) is 0 Å². The van der Waals surface area contributed by atoms with Gasteiger partial charge in [0.05, 0.1) is 0 Å². The lowest BCUT2D eigenvalue weighted by Crippen LogP contribution is -2.40. The quantitative estimate of drug-likeness (QED) is 0.647. The molecule has 0 aromatic heterocycles. The van der Waals surface area contributed by atoms with E-state index in [-0.39, 0.29) is 0 Å². The molecule has 1 heterocycles. The SMILES string of the molecule is CCCC(CS)(CCC)CN(C)CC1CCOCC1. The average Bonchev–Trinajstić information content (AvgIpc) is 2.40. The second-order valence-electron chi connectivity index (χ2n) is 6.41. The second kappa shape index (κ2) is 9.25. The normalized spacial score (nSPS) is 18.2. The fourth-order valence-electron chi connectivity index (χ4n) is 3.56. The molecule has 19 heavy (non-hydrogen) atoms. The lowest BCUT2D eigenvalue weighted by Gasteiger charge is -2.37. The van der Waals surface area contributed by atoms with E-state index in [0.29, 0.717) is 5.41 Å². The summed E-state index contributed by atoms with van der Waals surface area (Å²) in [4.78, 5) is 2.55. The topological polar surface area (TPSA) is 12.5 Å². The van der Waals surface area contributed by atoms with Gasteiger partial charge >= 0.3 is 0 Å². The molecule has 0 aliphatic carbocycles. The van der Waals surface area contributed by atoms with Crippen molar-refractivity contribution in [3.8, 4) is 0 Å². The van der Waals surface area contributed by atoms with Crippen molar-refractivity contribution in [2.75, 3.05) is 39.1 Å². The van der Waals surface area contributed by atoms with Crippen molar-refractivity contribution in [2.45, 2.75) is 52.4 Å². The van der Waals surface area contributed by atoms with Crippen molar-refractivity contribution < 1.29 is 4.74 Å². The van der Waals surface area contributed by atoms with Crippen LogP contribution in [0.15, 0.2) is 0 Å². The highest BCUT2D eigenvalue weighted by atomic mass is 32.1. The summed E-state index contributed by atoms with van der Waals surface area (Å²) in [7, 11) is 2.29. The zero-order chi connectivity index (χ0) is 14.1. The minimum absolute atomic E-state index is 0.423. The Labute approximate surface area is 125 Å². The fourth-order valence-corrected chi connectivity index (χ4v) is 3.97. The predicted octanol–water partition coefficient (Wildman–Crippen LogP) is 3.86. The molecule has 0 N–H and O–H groups in total. The number of thiol groups is 1. The standard InChI is InChI=1S/C16H33NOS/c1-4-8-16(14-19,9-5-2)13-17(3)12-15-6-10-18-11-7-15/h15,19H,4-14H2,1-3H3. The van der Waals surface area contributed by atoms with Gasteiger partial charge in [0, 0.05) is 26.3 Å². The van der Waals surface area contributed by atoms with Crippen LogP contribution in [-0.2, 0) is 4.74 Å². The molecule has 3 heteroatoms. The van der Waals surface area contributed by atoms with E-state index in [9.17, 15) is 0 Å². The Bertz CT molecular complexity index is 223. The molecule has 1 aliphatic heterocycles. The first kappa shape index (κ1) is 17.3. The maximum Gasteiger partial charge on any atom is 0.0469 e. The molecular formula is C16H33NOS. The first-order valence-electron chi connectivity index (χ1n) is 8.03. The van der Waals surface area contributed by atoms with Gasteiger partial charge in [0.25, 0.3) is 0 Å². The van der Waals surface area contributed by atoms with Crippen LogP contribution in [0.2, 0.25) is 0 Å². The molecule has 0 radical (unpaired) electrons. The molecule has 0 amide bonds. The van der Waals surface area contributed by atoms with Gasteiger partial charge in [-0.2, -0.15) is 12.6 Å². The number of hydrogen-bond acceptors (Lipinski definition) is 3. The van der Waals surface area contributed by atoms with Crippen molar-refractivity contribution in [3.05, 3.63) is 0 Å². The Morgan fingerprint density at radius 1 is 1.16 bits per heavy atom. The van der Waals surface area contributed by atoms with Gasteiger partial charge in [-0.3, -0.25) is 0 Å². The van der Waals surface area contributed by atoms with Crippen LogP contribution in [-0.4, -0.2) is 44.0 Å². The molecule has 1 rings (SSSR count). The first-order chi connectivity index (χ1) is 9.15. The Balaban J connectivity index is 2.46. The highest BCUT2D eigenvalue weighted by Gasteiger charge is 2.29. The molecule has 114 valence electrons. The molecule has 1 saturated heterocycles. The van der Waals surface area contributed by atoms with Crippen LogP contribution in [0.5, 0.6) is 0 Å². The van der Waals surface area contributed by atoms with E-state index in [0.717, 1.165) is 24.9 Å². The average molecular weight is 288 g/mol. The van der Waals surface area contributed by atoms with E-state index in [4.69, 9.17) is 4.74 Å². The molecule has 0 aromatic carbocycles. The molecule has 2 nitrogen and oxygen atoms in total. The molecule has 0 atom stereocenters. The lowest BCUT2D eigenvalue weighted by atomic mass is 9.80. The zero-order valence-corrected chi connectivity index (χ0v) is 14.1. The molecule has 0 spiro atoms. The molecule has 0 saturated carbocycles. The van der Waals surface area contributed by atoms with E-state index < -0.39 is 0 Å². The third-order valence-corrected chi connectivity index (χ3v) is 5.08. The number of ether oxygens (including phenoxy) is 1. The van der Waals surface area contributed by atoms with Crippen LogP contribution in [0, 0.1) is 11.3 Å². The van der Waals surface area contributed by atoms with Crippen molar-refractivity contribution >= 4 is 12.6 Å². The predicted molar refractivity (Wildman–Crippen MR) is 87.1 cm³/mol. The summed E-state index contributed by atoms with van der Waals surface area (Å²) in [6.45, 7) is 8.95. The number of hydrogen-bond donors (Lipinski definition) is 1. The summed E-state index contributed by atoms with van der Waals surface area (Å²) < 4.78 is 5.45. The first-order valence-corrected chi connectivity index (χ1v) is 8.66. The fraction of sp³-hybridized carbons (Fsp3) is 1.00. The zero-order valence-electron chi connectivity index (χ0n) is 13.2. The van der Waals surface area contributed by atoms with Crippen molar-refractivity contribution in [1.29, 1.82) is 0 Å². The Kier molecular flexibility index (Phi) is 8.43. The van der Waals surface area contributed by atoms with E-state index >= 15 is 0 Å². The monoisotopic (exact) mass is 287 g/mol. The minimum atomic E-state index is 0.423. The molecular weight excluding hydrogens is 254 g/mol. The van der Waals surface area contributed by atoms with Crippen LogP contribution < -0.4 is 0 Å². The minimum Gasteiger partial charge on any atom is -0.381 e. The van der Waals surface area contributed by atoms with E-state index in [1.807, 2.05) is 0 Å².